The molecule has 0 aliphatic carbocycles. The number of benzene rings is 1. The van der Waals surface area contributed by atoms with Crippen LogP contribution in [-0.4, -0.2) is 10.9 Å². The summed E-state index contributed by atoms with van der Waals surface area (Å²) >= 11 is 1.77. The van der Waals surface area contributed by atoms with Crippen LogP contribution >= 0.6 is 11.8 Å². The van der Waals surface area contributed by atoms with Crippen LogP contribution in [0.3, 0.4) is 0 Å². The van der Waals surface area contributed by atoms with E-state index in [-0.39, 0.29) is 6.10 Å². The Labute approximate surface area is 96.2 Å². The van der Waals surface area contributed by atoms with Gasteiger partial charge in [0.2, 0.25) is 0 Å². The summed E-state index contributed by atoms with van der Waals surface area (Å²) in [5.74, 6) is 0.958. The first-order chi connectivity index (χ1) is 7.13. The minimum absolute atomic E-state index is 0.389. The van der Waals surface area contributed by atoms with Gasteiger partial charge < -0.3 is 5.11 Å². The van der Waals surface area contributed by atoms with Gasteiger partial charge in [0.25, 0.3) is 0 Å². The van der Waals surface area contributed by atoms with E-state index in [1.165, 1.54) is 10.5 Å². The van der Waals surface area contributed by atoms with Crippen molar-refractivity contribution in [3.05, 3.63) is 42.0 Å². The normalized spacial score (nSPS) is 12.5. The molecule has 0 spiro atoms. The topological polar surface area (TPSA) is 20.2 Å². The lowest BCUT2D eigenvalue weighted by Gasteiger charge is -2.07. The van der Waals surface area contributed by atoms with Gasteiger partial charge >= 0.3 is 0 Å². The average molecular weight is 222 g/mol. The Balaban J connectivity index is 2.61. The Hall–Kier alpha value is -0.730. The maximum Gasteiger partial charge on any atom is 0.0762 e. The molecule has 1 N–H and O–H groups in total. The van der Waals surface area contributed by atoms with Gasteiger partial charge in [0.1, 0.15) is 0 Å². The number of thioether (sulfide) groups is 1. The van der Waals surface area contributed by atoms with Crippen molar-refractivity contribution < 1.29 is 5.11 Å². The highest BCUT2D eigenvalue weighted by Gasteiger charge is 2.02. The van der Waals surface area contributed by atoms with Crippen LogP contribution in [-0.2, 0) is 0 Å². The van der Waals surface area contributed by atoms with Crippen LogP contribution in [0.15, 0.2) is 41.3 Å². The van der Waals surface area contributed by atoms with E-state index in [9.17, 15) is 5.11 Å². The van der Waals surface area contributed by atoms with Crippen LogP contribution in [0.5, 0.6) is 0 Å². The van der Waals surface area contributed by atoms with Crippen LogP contribution in [0.4, 0.5) is 0 Å². The quantitative estimate of drug-likeness (QED) is 0.604. The Bertz CT molecular complexity index is 331. The molecular weight excluding hydrogens is 204 g/mol. The summed E-state index contributed by atoms with van der Waals surface area (Å²) < 4.78 is 0. The molecule has 1 unspecified atom stereocenters. The lowest BCUT2D eigenvalue weighted by atomic mass is 10.1. The molecule has 0 bridgehead atoms. The van der Waals surface area contributed by atoms with E-state index >= 15 is 0 Å². The maximum absolute atomic E-state index is 9.44. The molecule has 0 aromatic heterocycles. The third-order valence-electron chi connectivity index (χ3n) is 2.28. The van der Waals surface area contributed by atoms with E-state index in [1.807, 2.05) is 18.2 Å². The fourth-order valence-electron chi connectivity index (χ4n) is 1.15. The molecule has 0 aliphatic rings. The SMILES string of the molecule is C=C(CC)CSc1cccc(C(C)O)c1. The molecule has 0 heterocycles. The Morgan fingerprint density at radius 3 is 2.87 bits per heavy atom. The molecule has 0 saturated heterocycles. The predicted molar refractivity (Wildman–Crippen MR) is 67.2 cm³/mol. The van der Waals surface area contributed by atoms with E-state index in [0.717, 1.165) is 17.7 Å². The van der Waals surface area contributed by atoms with Gasteiger partial charge in [-0.25, -0.2) is 0 Å². The molecule has 82 valence electrons. The highest BCUT2D eigenvalue weighted by atomic mass is 32.2. The number of aliphatic hydroxyl groups is 1. The first-order valence-corrected chi connectivity index (χ1v) is 6.19. The van der Waals surface area contributed by atoms with Crippen molar-refractivity contribution in [3.63, 3.8) is 0 Å². The van der Waals surface area contributed by atoms with Gasteiger partial charge in [-0.2, -0.15) is 0 Å². The molecule has 1 rings (SSSR count). The molecule has 2 heteroatoms. The molecule has 0 aliphatic heterocycles. The summed E-state index contributed by atoms with van der Waals surface area (Å²) in [5, 5.41) is 9.44. The van der Waals surface area contributed by atoms with E-state index in [2.05, 4.69) is 19.6 Å². The van der Waals surface area contributed by atoms with Gasteiger partial charge in [-0.3, -0.25) is 0 Å². The molecule has 15 heavy (non-hydrogen) atoms. The van der Waals surface area contributed by atoms with E-state index in [0.29, 0.717) is 0 Å². The average Bonchev–Trinajstić information content (AvgIpc) is 2.26. The number of hydrogen-bond donors (Lipinski definition) is 1. The second-order valence-corrected chi connectivity index (χ2v) is 4.69. The second-order valence-electron chi connectivity index (χ2n) is 3.64. The molecule has 0 amide bonds. The van der Waals surface area contributed by atoms with Crippen molar-refractivity contribution in [2.24, 2.45) is 0 Å². The van der Waals surface area contributed by atoms with Crippen LogP contribution in [0.25, 0.3) is 0 Å². The zero-order chi connectivity index (χ0) is 11.3. The summed E-state index contributed by atoms with van der Waals surface area (Å²) in [5.41, 5.74) is 2.23. The first kappa shape index (κ1) is 12.3. The fourth-order valence-corrected chi connectivity index (χ4v) is 2.12. The van der Waals surface area contributed by atoms with Crippen molar-refractivity contribution in [2.45, 2.75) is 31.3 Å². The van der Waals surface area contributed by atoms with Crippen molar-refractivity contribution in [2.75, 3.05) is 5.75 Å². The lowest BCUT2D eigenvalue weighted by Crippen LogP contribution is -1.91. The van der Waals surface area contributed by atoms with Gasteiger partial charge in [-0.15, -0.1) is 11.8 Å². The zero-order valence-electron chi connectivity index (χ0n) is 9.36. The summed E-state index contributed by atoms with van der Waals surface area (Å²) in [6.07, 6.45) is 0.642. The predicted octanol–water partition coefficient (Wildman–Crippen LogP) is 3.80. The van der Waals surface area contributed by atoms with Crippen molar-refractivity contribution >= 4 is 11.8 Å². The minimum atomic E-state index is -0.389. The van der Waals surface area contributed by atoms with E-state index < -0.39 is 0 Å². The maximum atomic E-state index is 9.44. The zero-order valence-corrected chi connectivity index (χ0v) is 10.2. The molecule has 1 atom stereocenters. The van der Waals surface area contributed by atoms with E-state index in [1.54, 1.807) is 18.7 Å². The molecule has 0 saturated carbocycles. The van der Waals surface area contributed by atoms with Gasteiger partial charge in [0.05, 0.1) is 6.10 Å². The number of hydrogen-bond acceptors (Lipinski definition) is 2. The van der Waals surface area contributed by atoms with Crippen LogP contribution < -0.4 is 0 Å². The van der Waals surface area contributed by atoms with Crippen molar-refractivity contribution in [3.8, 4) is 0 Å². The fraction of sp³-hybridized carbons (Fsp3) is 0.385. The summed E-state index contributed by atoms with van der Waals surface area (Å²) in [4.78, 5) is 1.20. The lowest BCUT2D eigenvalue weighted by molar-refractivity contribution is 0.199. The van der Waals surface area contributed by atoms with Gasteiger partial charge in [-0.1, -0.05) is 31.2 Å². The molecule has 1 aromatic carbocycles. The van der Waals surface area contributed by atoms with Crippen LogP contribution in [0, 0.1) is 0 Å². The monoisotopic (exact) mass is 222 g/mol. The largest absolute Gasteiger partial charge is 0.389 e. The molecule has 0 radical (unpaired) electrons. The molecule has 1 aromatic rings. The molecule has 0 fully saturated rings. The standard InChI is InChI=1S/C13H18OS/c1-4-10(2)9-15-13-7-5-6-12(8-13)11(3)14/h5-8,11,14H,2,4,9H2,1,3H3. The Kier molecular flexibility index (Phi) is 4.92. The highest BCUT2D eigenvalue weighted by Crippen LogP contribution is 2.24. The smallest absolute Gasteiger partial charge is 0.0762 e. The van der Waals surface area contributed by atoms with Gasteiger partial charge in [0, 0.05) is 10.6 Å². The Morgan fingerprint density at radius 2 is 2.27 bits per heavy atom. The third kappa shape index (κ3) is 4.10. The summed E-state index contributed by atoms with van der Waals surface area (Å²) in [6, 6.07) is 8.04. The van der Waals surface area contributed by atoms with Gasteiger partial charge in [-0.05, 0) is 31.0 Å². The molecular formula is C13H18OS. The van der Waals surface area contributed by atoms with Crippen LogP contribution in [0.2, 0.25) is 0 Å². The molecule has 1 nitrogen and oxygen atoms in total. The minimum Gasteiger partial charge on any atom is -0.389 e. The third-order valence-corrected chi connectivity index (χ3v) is 3.42. The number of rotatable bonds is 5. The number of aliphatic hydroxyl groups excluding tert-OH is 1. The first-order valence-electron chi connectivity index (χ1n) is 5.21. The van der Waals surface area contributed by atoms with Gasteiger partial charge in [0.15, 0.2) is 0 Å². The van der Waals surface area contributed by atoms with Crippen molar-refractivity contribution in [1.29, 1.82) is 0 Å². The summed E-state index contributed by atoms with van der Waals surface area (Å²) in [7, 11) is 0. The Morgan fingerprint density at radius 1 is 1.53 bits per heavy atom. The highest BCUT2D eigenvalue weighted by molar-refractivity contribution is 7.99. The summed E-state index contributed by atoms with van der Waals surface area (Å²) in [6.45, 7) is 7.88. The van der Waals surface area contributed by atoms with Crippen LogP contribution in [0.1, 0.15) is 31.9 Å². The van der Waals surface area contributed by atoms with E-state index in [4.69, 9.17) is 0 Å². The van der Waals surface area contributed by atoms with Crippen molar-refractivity contribution in [1.82, 2.24) is 0 Å². The second kappa shape index (κ2) is 5.99.